The van der Waals surface area contributed by atoms with Crippen molar-refractivity contribution in [3.8, 4) is 5.75 Å². The molecule has 2 aliphatic heterocycles. The van der Waals surface area contributed by atoms with Crippen LogP contribution in [-0.4, -0.2) is 24.5 Å². The quantitative estimate of drug-likeness (QED) is 0.769. The number of ether oxygens (including phenoxy) is 2. The number of aryl methyl sites for hydroxylation is 1. The first-order valence-electron chi connectivity index (χ1n) is 9.19. The van der Waals surface area contributed by atoms with E-state index in [9.17, 15) is 4.79 Å². The van der Waals surface area contributed by atoms with Gasteiger partial charge in [-0.3, -0.25) is 4.79 Å². The van der Waals surface area contributed by atoms with E-state index in [0.717, 1.165) is 29.0 Å². The topological polar surface area (TPSA) is 42.1 Å². The molecular weight excluding hydrogens is 326 g/mol. The third-order valence-electron chi connectivity index (χ3n) is 5.37. The van der Waals surface area contributed by atoms with Gasteiger partial charge in [0, 0.05) is 18.7 Å². The molecule has 1 fully saturated rings. The Balaban J connectivity index is 1.61. The second kappa shape index (κ2) is 6.44. The Kier molecular flexibility index (Phi) is 4.23. The van der Waals surface area contributed by atoms with Crippen molar-refractivity contribution >= 4 is 5.91 Å². The molecule has 0 aliphatic carbocycles. The molecule has 0 aromatic heterocycles. The minimum Gasteiger partial charge on any atom is -0.496 e. The summed E-state index contributed by atoms with van der Waals surface area (Å²) in [6.07, 6.45) is 0.252. The number of carbonyl (C=O) groups is 1. The highest BCUT2D eigenvalue weighted by atomic mass is 16.6. The van der Waals surface area contributed by atoms with Crippen LogP contribution < -0.4 is 4.74 Å². The molecule has 0 spiro atoms. The molecular formula is C22H25NO3. The van der Waals surface area contributed by atoms with Crippen molar-refractivity contribution in [2.45, 2.75) is 45.9 Å². The monoisotopic (exact) mass is 351 g/mol. The van der Waals surface area contributed by atoms with Gasteiger partial charge in [-0.2, -0.15) is 0 Å². The number of benzene rings is 2. The van der Waals surface area contributed by atoms with E-state index in [1.54, 1.807) is 7.11 Å². The van der Waals surface area contributed by atoms with Crippen molar-refractivity contribution in [1.29, 1.82) is 0 Å². The molecule has 0 saturated carbocycles. The Hall–Kier alpha value is -2.33. The Morgan fingerprint density at radius 2 is 1.92 bits per heavy atom. The van der Waals surface area contributed by atoms with E-state index in [1.807, 2.05) is 24.0 Å². The van der Waals surface area contributed by atoms with Crippen molar-refractivity contribution < 1.29 is 14.3 Å². The molecule has 0 radical (unpaired) electrons. The molecule has 1 amide bonds. The van der Waals surface area contributed by atoms with E-state index < -0.39 is 0 Å². The van der Waals surface area contributed by atoms with Crippen LogP contribution in [0, 0.1) is 6.92 Å². The highest BCUT2D eigenvalue weighted by Gasteiger charge is 2.29. The van der Waals surface area contributed by atoms with Crippen LogP contribution >= 0.6 is 0 Å². The van der Waals surface area contributed by atoms with Gasteiger partial charge in [-0.15, -0.1) is 0 Å². The molecule has 4 rings (SSSR count). The molecule has 2 aromatic carbocycles. The van der Waals surface area contributed by atoms with Crippen molar-refractivity contribution in [2.24, 2.45) is 0 Å². The van der Waals surface area contributed by atoms with Crippen LogP contribution in [0.15, 0.2) is 30.3 Å². The normalized spacial score (nSPS) is 18.2. The van der Waals surface area contributed by atoms with Crippen molar-refractivity contribution in [1.82, 2.24) is 4.90 Å². The summed E-state index contributed by atoms with van der Waals surface area (Å²) in [6, 6.07) is 10.4. The lowest BCUT2D eigenvalue weighted by molar-refractivity contribution is 0.0750. The standard InChI is InChI=1S/C22H25NO3/c1-13(2)18-9-19(14(3)7-20(18)25-4)22(24)23-10-16-6-5-15(21-12-26-21)8-17(16)11-23/h5-9,13,21H,10-12H2,1-4H3. The lowest BCUT2D eigenvalue weighted by atomic mass is 9.96. The zero-order valence-electron chi connectivity index (χ0n) is 15.8. The van der Waals surface area contributed by atoms with Crippen molar-refractivity contribution in [2.75, 3.05) is 13.7 Å². The predicted molar refractivity (Wildman–Crippen MR) is 101 cm³/mol. The predicted octanol–water partition coefficient (Wildman–Crippen LogP) is 4.35. The average Bonchev–Trinajstić information content (AvgIpc) is 3.39. The maximum atomic E-state index is 13.2. The molecule has 1 unspecified atom stereocenters. The third kappa shape index (κ3) is 2.99. The van der Waals surface area contributed by atoms with Crippen LogP contribution in [0.1, 0.15) is 64.0 Å². The Labute approximate surface area is 154 Å². The van der Waals surface area contributed by atoms with Gasteiger partial charge in [0.25, 0.3) is 5.91 Å². The molecule has 2 aliphatic rings. The van der Waals surface area contributed by atoms with E-state index in [2.05, 4.69) is 32.0 Å². The summed E-state index contributed by atoms with van der Waals surface area (Å²) >= 11 is 0. The number of rotatable bonds is 4. The number of amides is 1. The highest BCUT2D eigenvalue weighted by Crippen LogP contribution is 2.35. The van der Waals surface area contributed by atoms with Crippen LogP contribution in [0.2, 0.25) is 0 Å². The van der Waals surface area contributed by atoms with Gasteiger partial charge < -0.3 is 14.4 Å². The molecule has 1 atom stereocenters. The van der Waals surface area contributed by atoms with E-state index in [1.165, 1.54) is 16.7 Å². The Morgan fingerprint density at radius 3 is 2.58 bits per heavy atom. The minimum absolute atomic E-state index is 0.0903. The largest absolute Gasteiger partial charge is 0.496 e. The molecule has 136 valence electrons. The minimum atomic E-state index is 0.0903. The molecule has 26 heavy (non-hydrogen) atoms. The Morgan fingerprint density at radius 1 is 1.19 bits per heavy atom. The smallest absolute Gasteiger partial charge is 0.254 e. The average molecular weight is 351 g/mol. The molecule has 1 saturated heterocycles. The summed E-state index contributed by atoms with van der Waals surface area (Å²) in [6.45, 7) is 8.36. The van der Waals surface area contributed by atoms with Gasteiger partial charge in [0.15, 0.2) is 0 Å². The van der Waals surface area contributed by atoms with Crippen LogP contribution in [0.25, 0.3) is 0 Å². The number of hydrogen-bond donors (Lipinski definition) is 0. The molecule has 4 nitrogen and oxygen atoms in total. The SMILES string of the molecule is COc1cc(C)c(C(=O)N2Cc3ccc(C4CO4)cc3C2)cc1C(C)C. The summed E-state index contributed by atoms with van der Waals surface area (Å²) in [5.74, 6) is 1.24. The zero-order valence-corrected chi connectivity index (χ0v) is 15.8. The first kappa shape index (κ1) is 17.1. The first-order chi connectivity index (χ1) is 12.5. The van der Waals surface area contributed by atoms with Gasteiger partial charge in [-0.25, -0.2) is 0 Å². The van der Waals surface area contributed by atoms with Gasteiger partial charge in [0.2, 0.25) is 0 Å². The first-order valence-corrected chi connectivity index (χ1v) is 9.19. The third-order valence-corrected chi connectivity index (χ3v) is 5.37. The number of hydrogen-bond acceptors (Lipinski definition) is 3. The van der Waals surface area contributed by atoms with Crippen LogP contribution in [0.3, 0.4) is 0 Å². The van der Waals surface area contributed by atoms with E-state index in [4.69, 9.17) is 9.47 Å². The summed E-state index contributed by atoms with van der Waals surface area (Å²) in [4.78, 5) is 15.1. The summed E-state index contributed by atoms with van der Waals surface area (Å²) in [5, 5.41) is 0. The zero-order chi connectivity index (χ0) is 18.4. The number of epoxide rings is 1. The van der Waals surface area contributed by atoms with E-state index in [0.29, 0.717) is 19.0 Å². The van der Waals surface area contributed by atoms with Gasteiger partial charge >= 0.3 is 0 Å². The molecule has 0 N–H and O–H groups in total. The van der Waals surface area contributed by atoms with Crippen LogP contribution in [-0.2, 0) is 17.8 Å². The fourth-order valence-electron chi connectivity index (χ4n) is 3.73. The van der Waals surface area contributed by atoms with Gasteiger partial charge in [0.1, 0.15) is 11.9 Å². The second-order valence-electron chi connectivity index (χ2n) is 7.58. The van der Waals surface area contributed by atoms with Gasteiger partial charge in [-0.05, 0) is 52.8 Å². The highest BCUT2D eigenvalue weighted by molar-refractivity contribution is 5.96. The van der Waals surface area contributed by atoms with Crippen molar-refractivity contribution in [3.63, 3.8) is 0 Å². The van der Waals surface area contributed by atoms with Gasteiger partial charge in [-0.1, -0.05) is 32.0 Å². The number of nitrogens with zero attached hydrogens (tertiary/aromatic N) is 1. The molecule has 0 bridgehead atoms. The molecule has 2 aromatic rings. The molecule has 2 heterocycles. The number of methoxy groups -OCH3 is 1. The Bertz CT molecular complexity index is 868. The summed E-state index contributed by atoms with van der Waals surface area (Å²) in [7, 11) is 1.68. The number of fused-ring (bicyclic) bond motifs is 1. The maximum Gasteiger partial charge on any atom is 0.254 e. The lowest BCUT2D eigenvalue weighted by Crippen LogP contribution is -2.26. The fourth-order valence-corrected chi connectivity index (χ4v) is 3.73. The van der Waals surface area contributed by atoms with E-state index in [-0.39, 0.29) is 12.0 Å². The van der Waals surface area contributed by atoms with E-state index >= 15 is 0 Å². The summed E-state index contributed by atoms with van der Waals surface area (Å²) in [5.41, 5.74) is 6.50. The van der Waals surface area contributed by atoms with Gasteiger partial charge in [0.05, 0.1) is 13.7 Å². The summed E-state index contributed by atoms with van der Waals surface area (Å²) < 4.78 is 10.9. The van der Waals surface area contributed by atoms with Crippen molar-refractivity contribution in [3.05, 3.63) is 63.7 Å². The van der Waals surface area contributed by atoms with Crippen LogP contribution in [0.4, 0.5) is 0 Å². The molecule has 4 heteroatoms. The van der Waals surface area contributed by atoms with Crippen LogP contribution in [0.5, 0.6) is 5.75 Å². The fraction of sp³-hybridized carbons (Fsp3) is 0.409. The number of carbonyl (C=O) groups excluding carboxylic acids is 1. The lowest BCUT2D eigenvalue weighted by Gasteiger charge is -2.20. The second-order valence-corrected chi connectivity index (χ2v) is 7.58. The maximum absolute atomic E-state index is 13.2.